The van der Waals surface area contributed by atoms with E-state index < -0.39 is 5.91 Å². The number of rotatable bonds is 3. The second kappa shape index (κ2) is 5.70. The Balaban J connectivity index is 2.26. The predicted molar refractivity (Wildman–Crippen MR) is 78.9 cm³/mol. The molecule has 1 aromatic heterocycles. The van der Waals surface area contributed by atoms with E-state index >= 15 is 0 Å². The van der Waals surface area contributed by atoms with E-state index in [4.69, 9.17) is 5.73 Å². The molecule has 6 nitrogen and oxygen atoms in total. The standard InChI is InChI=1S/C13H14N4O2S/c1-17(2)12(19)8-5-3-4-6-9(8)15-11(18)10-7-20-13(14)16-10/h3-7H,1-2H3,(H2,14,16)(H,15,18). The molecule has 0 unspecified atom stereocenters. The molecule has 20 heavy (non-hydrogen) atoms. The third-order valence-electron chi connectivity index (χ3n) is 2.57. The number of anilines is 2. The van der Waals surface area contributed by atoms with Gasteiger partial charge in [-0.15, -0.1) is 11.3 Å². The Bertz CT molecular complexity index is 651. The van der Waals surface area contributed by atoms with Crippen LogP contribution in [0.4, 0.5) is 10.8 Å². The first kappa shape index (κ1) is 14.0. The zero-order valence-electron chi connectivity index (χ0n) is 11.1. The van der Waals surface area contributed by atoms with Gasteiger partial charge in [0.1, 0.15) is 5.69 Å². The summed E-state index contributed by atoms with van der Waals surface area (Å²) in [4.78, 5) is 29.4. The van der Waals surface area contributed by atoms with Crippen molar-refractivity contribution in [2.45, 2.75) is 0 Å². The Morgan fingerprint density at radius 3 is 2.60 bits per heavy atom. The van der Waals surface area contributed by atoms with Gasteiger partial charge in [0.05, 0.1) is 11.3 Å². The van der Waals surface area contributed by atoms with Crippen molar-refractivity contribution < 1.29 is 9.59 Å². The molecule has 0 bridgehead atoms. The van der Waals surface area contributed by atoms with Gasteiger partial charge >= 0.3 is 0 Å². The summed E-state index contributed by atoms with van der Waals surface area (Å²) in [5.74, 6) is -0.573. The number of thiazole rings is 1. The summed E-state index contributed by atoms with van der Waals surface area (Å²) in [6.45, 7) is 0. The Hall–Kier alpha value is -2.41. The number of nitrogens with one attached hydrogen (secondary N) is 1. The Labute approximate surface area is 120 Å². The minimum absolute atomic E-state index is 0.182. The van der Waals surface area contributed by atoms with Crippen molar-refractivity contribution >= 4 is 34.0 Å². The van der Waals surface area contributed by atoms with Crippen LogP contribution in [-0.4, -0.2) is 35.8 Å². The number of para-hydroxylation sites is 1. The molecule has 3 N–H and O–H groups in total. The first-order valence-corrected chi connectivity index (χ1v) is 6.70. The average Bonchev–Trinajstić information content (AvgIpc) is 2.85. The van der Waals surface area contributed by atoms with Gasteiger partial charge in [-0.25, -0.2) is 4.98 Å². The molecule has 0 aliphatic heterocycles. The van der Waals surface area contributed by atoms with Crippen LogP contribution in [0.1, 0.15) is 20.8 Å². The molecule has 0 aliphatic rings. The van der Waals surface area contributed by atoms with Crippen LogP contribution in [0.5, 0.6) is 0 Å². The van der Waals surface area contributed by atoms with Crippen molar-refractivity contribution in [2.75, 3.05) is 25.1 Å². The highest BCUT2D eigenvalue weighted by atomic mass is 32.1. The summed E-state index contributed by atoms with van der Waals surface area (Å²) in [5.41, 5.74) is 6.60. The molecular weight excluding hydrogens is 276 g/mol. The third kappa shape index (κ3) is 2.94. The van der Waals surface area contributed by atoms with E-state index in [0.717, 1.165) is 0 Å². The number of benzene rings is 1. The zero-order valence-corrected chi connectivity index (χ0v) is 11.9. The van der Waals surface area contributed by atoms with Gasteiger partial charge in [0.15, 0.2) is 5.13 Å². The average molecular weight is 290 g/mol. The number of hydrogen-bond donors (Lipinski definition) is 2. The fraction of sp³-hybridized carbons (Fsp3) is 0.154. The van der Waals surface area contributed by atoms with Gasteiger partial charge in [-0.05, 0) is 12.1 Å². The number of nitrogen functional groups attached to an aromatic ring is 1. The van der Waals surface area contributed by atoms with E-state index in [1.165, 1.54) is 16.2 Å². The van der Waals surface area contributed by atoms with Gasteiger partial charge in [-0.2, -0.15) is 0 Å². The van der Waals surface area contributed by atoms with Crippen LogP contribution in [0.25, 0.3) is 0 Å². The lowest BCUT2D eigenvalue weighted by atomic mass is 10.1. The largest absolute Gasteiger partial charge is 0.375 e. The molecule has 0 fully saturated rings. The summed E-state index contributed by atoms with van der Waals surface area (Å²) in [6.07, 6.45) is 0. The maximum absolute atomic E-state index is 12.0. The molecule has 7 heteroatoms. The second-order valence-electron chi connectivity index (χ2n) is 4.27. The summed E-state index contributed by atoms with van der Waals surface area (Å²) in [7, 11) is 3.31. The number of carbonyl (C=O) groups is 2. The van der Waals surface area contributed by atoms with E-state index in [0.29, 0.717) is 16.4 Å². The summed E-state index contributed by atoms with van der Waals surface area (Å²) >= 11 is 1.19. The van der Waals surface area contributed by atoms with Crippen LogP contribution in [-0.2, 0) is 0 Å². The van der Waals surface area contributed by atoms with Crippen LogP contribution in [0, 0.1) is 0 Å². The molecular formula is C13H14N4O2S. The van der Waals surface area contributed by atoms with Crippen molar-refractivity contribution in [3.63, 3.8) is 0 Å². The highest BCUT2D eigenvalue weighted by Crippen LogP contribution is 2.18. The minimum atomic E-state index is -0.392. The smallest absolute Gasteiger partial charge is 0.275 e. The van der Waals surface area contributed by atoms with Gasteiger partial charge in [0.2, 0.25) is 0 Å². The van der Waals surface area contributed by atoms with Crippen LogP contribution in [0.15, 0.2) is 29.6 Å². The maximum Gasteiger partial charge on any atom is 0.275 e. The maximum atomic E-state index is 12.0. The van der Waals surface area contributed by atoms with Crippen LogP contribution < -0.4 is 11.1 Å². The monoisotopic (exact) mass is 290 g/mol. The molecule has 0 saturated carbocycles. The predicted octanol–water partition coefficient (Wildman–Crippen LogP) is 1.68. The van der Waals surface area contributed by atoms with E-state index in [1.807, 2.05) is 0 Å². The fourth-order valence-corrected chi connectivity index (χ4v) is 2.14. The number of aromatic nitrogens is 1. The van der Waals surface area contributed by atoms with Gasteiger partial charge < -0.3 is 16.0 Å². The van der Waals surface area contributed by atoms with E-state index in [-0.39, 0.29) is 11.6 Å². The number of nitrogens with zero attached hydrogens (tertiary/aromatic N) is 2. The van der Waals surface area contributed by atoms with Gasteiger partial charge in [0, 0.05) is 19.5 Å². The third-order valence-corrected chi connectivity index (χ3v) is 3.24. The lowest BCUT2D eigenvalue weighted by molar-refractivity contribution is 0.0828. The van der Waals surface area contributed by atoms with Gasteiger partial charge in [0.25, 0.3) is 11.8 Å². The SMILES string of the molecule is CN(C)C(=O)c1ccccc1NC(=O)c1csc(N)n1. The number of carbonyl (C=O) groups excluding carboxylic acids is 2. The molecule has 0 aliphatic carbocycles. The number of amides is 2. The van der Waals surface area contributed by atoms with Crippen molar-refractivity contribution in [3.8, 4) is 0 Å². The van der Waals surface area contributed by atoms with Crippen molar-refractivity contribution in [1.29, 1.82) is 0 Å². The van der Waals surface area contributed by atoms with Gasteiger partial charge in [-0.3, -0.25) is 9.59 Å². The first-order chi connectivity index (χ1) is 9.49. The van der Waals surface area contributed by atoms with E-state index in [1.54, 1.807) is 43.7 Å². The lowest BCUT2D eigenvalue weighted by Crippen LogP contribution is -2.24. The molecule has 104 valence electrons. The van der Waals surface area contributed by atoms with Crippen LogP contribution >= 0.6 is 11.3 Å². The molecule has 2 amide bonds. The number of hydrogen-bond acceptors (Lipinski definition) is 5. The van der Waals surface area contributed by atoms with Crippen molar-refractivity contribution in [1.82, 2.24) is 9.88 Å². The van der Waals surface area contributed by atoms with Crippen molar-refractivity contribution in [2.24, 2.45) is 0 Å². The highest BCUT2D eigenvalue weighted by molar-refractivity contribution is 7.13. The lowest BCUT2D eigenvalue weighted by Gasteiger charge is -2.14. The fourth-order valence-electron chi connectivity index (χ4n) is 1.60. The van der Waals surface area contributed by atoms with Crippen LogP contribution in [0.3, 0.4) is 0 Å². The minimum Gasteiger partial charge on any atom is -0.375 e. The topological polar surface area (TPSA) is 88.3 Å². The first-order valence-electron chi connectivity index (χ1n) is 5.82. The van der Waals surface area contributed by atoms with Crippen molar-refractivity contribution in [3.05, 3.63) is 40.9 Å². The molecule has 0 saturated heterocycles. The molecule has 2 aromatic rings. The Kier molecular flexibility index (Phi) is 3.99. The molecule has 1 aromatic carbocycles. The second-order valence-corrected chi connectivity index (χ2v) is 5.16. The van der Waals surface area contributed by atoms with E-state index in [2.05, 4.69) is 10.3 Å². The van der Waals surface area contributed by atoms with E-state index in [9.17, 15) is 9.59 Å². The molecule has 0 atom stereocenters. The molecule has 1 heterocycles. The van der Waals surface area contributed by atoms with Gasteiger partial charge in [-0.1, -0.05) is 12.1 Å². The Morgan fingerprint density at radius 2 is 2.00 bits per heavy atom. The van der Waals surface area contributed by atoms with Crippen LogP contribution in [0.2, 0.25) is 0 Å². The highest BCUT2D eigenvalue weighted by Gasteiger charge is 2.16. The Morgan fingerprint density at radius 1 is 1.30 bits per heavy atom. The normalized spacial score (nSPS) is 10.1. The summed E-state index contributed by atoms with van der Waals surface area (Å²) < 4.78 is 0. The molecule has 0 radical (unpaired) electrons. The number of nitrogens with two attached hydrogens (primary N) is 1. The summed E-state index contributed by atoms with van der Waals surface area (Å²) in [6, 6.07) is 6.82. The molecule has 0 spiro atoms. The zero-order chi connectivity index (χ0) is 14.7. The summed E-state index contributed by atoms with van der Waals surface area (Å²) in [5, 5.41) is 4.58. The quantitative estimate of drug-likeness (QED) is 0.900. The molecule has 2 rings (SSSR count).